The lowest BCUT2D eigenvalue weighted by molar-refractivity contribution is -0.133. The molecular formula is C13H19N3O4. The zero-order valence-corrected chi connectivity index (χ0v) is 11.8. The van der Waals surface area contributed by atoms with Crippen LogP contribution >= 0.6 is 0 Å². The number of amides is 1. The Balaban J connectivity index is 2.10. The van der Waals surface area contributed by atoms with Gasteiger partial charge in [-0.1, -0.05) is 0 Å². The molecule has 0 aromatic carbocycles. The van der Waals surface area contributed by atoms with Crippen molar-refractivity contribution in [1.82, 2.24) is 15.1 Å². The van der Waals surface area contributed by atoms with E-state index in [1.54, 1.807) is 18.9 Å². The molecule has 1 amide bonds. The minimum Gasteiger partial charge on any atom is -0.461 e. The Labute approximate surface area is 117 Å². The van der Waals surface area contributed by atoms with E-state index in [-0.39, 0.29) is 11.6 Å². The van der Waals surface area contributed by atoms with Gasteiger partial charge < -0.3 is 14.4 Å². The second-order valence-electron chi connectivity index (χ2n) is 4.56. The van der Waals surface area contributed by atoms with Crippen LogP contribution in [0.1, 0.15) is 35.1 Å². The van der Waals surface area contributed by atoms with Gasteiger partial charge in [-0.15, -0.1) is 0 Å². The zero-order chi connectivity index (χ0) is 14.5. The van der Waals surface area contributed by atoms with Crippen LogP contribution in [0.3, 0.4) is 0 Å². The molecule has 0 saturated heterocycles. The van der Waals surface area contributed by atoms with E-state index in [0.717, 1.165) is 11.3 Å². The fraction of sp³-hybridized carbons (Fsp3) is 0.615. The number of fused-ring (bicyclic) bond motifs is 1. The maximum atomic E-state index is 12.0. The van der Waals surface area contributed by atoms with Gasteiger partial charge in [0.25, 0.3) is 0 Å². The summed E-state index contributed by atoms with van der Waals surface area (Å²) in [6, 6.07) is 0. The predicted octanol–water partition coefficient (Wildman–Crippen LogP) is 0.508. The Hall–Kier alpha value is -1.89. The lowest BCUT2D eigenvalue weighted by Crippen LogP contribution is -2.36. The van der Waals surface area contributed by atoms with Crippen LogP contribution in [0.5, 0.6) is 0 Å². The highest BCUT2D eigenvalue weighted by atomic mass is 16.5. The molecule has 0 saturated carbocycles. The molecule has 1 aliphatic rings. The van der Waals surface area contributed by atoms with Crippen molar-refractivity contribution in [3.63, 3.8) is 0 Å². The van der Waals surface area contributed by atoms with Gasteiger partial charge in [0, 0.05) is 37.9 Å². The summed E-state index contributed by atoms with van der Waals surface area (Å²) in [4.78, 5) is 25.5. The molecule has 0 spiro atoms. The molecule has 7 nitrogen and oxygen atoms in total. The number of rotatable bonds is 5. The van der Waals surface area contributed by atoms with Gasteiger partial charge in [-0.2, -0.15) is 5.10 Å². The molecule has 0 unspecified atom stereocenters. The number of methoxy groups -OCH3 is 1. The molecule has 1 aromatic rings. The number of esters is 1. The van der Waals surface area contributed by atoms with E-state index in [4.69, 9.17) is 9.47 Å². The molecule has 2 heterocycles. The van der Waals surface area contributed by atoms with Gasteiger partial charge in [-0.05, 0) is 6.92 Å². The van der Waals surface area contributed by atoms with E-state index < -0.39 is 5.97 Å². The molecule has 7 heteroatoms. The van der Waals surface area contributed by atoms with Crippen LogP contribution in [0.15, 0.2) is 0 Å². The molecule has 1 aliphatic heterocycles. The van der Waals surface area contributed by atoms with E-state index >= 15 is 0 Å². The van der Waals surface area contributed by atoms with Gasteiger partial charge >= 0.3 is 5.97 Å². The molecule has 110 valence electrons. The SMILES string of the molecule is CCOC(=O)c1n[nH]c2c1CN(C(=O)CCOC)CC2. The monoisotopic (exact) mass is 281 g/mol. The first-order valence-corrected chi connectivity index (χ1v) is 6.67. The summed E-state index contributed by atoms with van der Waals surface area (Å²) in [6.45, 7) is 3.47. The third-order valence-corrected chi connectivity index (χ3v) is 3.28. The highest BCUT2D eigenvalue weighted by molar-refractivity contribution is 5.89. The molecule has 0 aliphatic carbocycles. The number of carbonyl (C=O) groups is 2. The smallest absolute Gasteiger partial charge is 0.359 e. The van der Waals surface area contributed by atoms with Crippen LogP contribution in [0.25, 0.3) is 0 Å². The first kappa shape index (κ1) is 14.5. The summed E-state index contributed by atoms with van der Waals surface area (Å²) < 4.78 is 9.88. The van der Waals surface area contributed by atoms with Crippen molar-refractivity contribution in [2.45, 2.75) is 26.3 Å². The average Bonchev–Trinajstić information content (AvgIpc) is 2.87. The van der Waals surface area contributed by atoms with E-state index in [9.17, 15) is 9.59 Å². The number of carbonyl (C=O) groups excluding carboxylic acids is 2. The van der Waals surface area contributed by atoms with Gasteiger partial charge in [-0.25, -0.2) is 4.79 Å². The fourth-order valence-electron chi connectivity index (χ4n) is 2.22. The number of hydrogen-bond donors (Lipinski definition) is 1. The van der Waals surface area contributed by atoms with Crippen molar-refractivity contribution in [2.75, 3.05) is 26.9 Å². The Kier molecular flexibility index (Phi) is 4.73. The minimum absolute atomic E-state index is 0.0218. The van der Waals surface area contributed by atoms with Crippen molar-refractivity contribution in [3.05, 3.63) is 17.0 Å². The van der Waals surface area contributed by atoms with Crippen LogP contribution in [-0.4, -0.2) is 53.8 Å². The highest BCUT2D eigenvalue weighted by Gasteiger charge is 2.28. The van der Waals surface area contributed by atoms with Crippen molar-refractivity contribution in [1.29, 1.82) is 0 Å². The maximum absolute atomic E-state index is 12.0. The Bertz CT molecular complexity index is 498. The summed E-state index contributed by atoms with van der Waals surface area (Å²) in [5.41, 5.74) is 1.95. The van der Waals surface area contributed by atoms with Gasteiger partial charge in [0.2, 0.25) is 5.91 Å². The molecule has 0 radical (unpaired) electrons. The number of aromatic amines is 1. The zero-order valence-electron chi connectivity index (χ0n) is 11.8. The van der Waals surface area contributed by atoms with E-state index in [0.29, 0.717) is 39.1 Å². The molecule has 0 fully saturated rings. The Morgan fingerprint density at radius 2 is 2.25 bits per heavy atom. The minimum atomic E-state index is -0.448. The lowest BCUT2D eigenvalue weighted by atomic mass is 10.0. The lowest BCUT2D eigenvalue weighted by Gasteiger charge is -2.27. The van der Waals surface area contributed by atoms with Gasteiger partial charge in [-0.3, -0.25) is 9.89 Å². The Morgan fingerprint density at radius 3 is 2.95 bits per heavy atom. The first-order chi connectivity index (χ1) is 9.67. The van der Waals surface area contributed by atoms with Crippen LogP contribution in [0.2, 0.25) is 0 Å². The van der Waals surface area contributed by atoms with Crippen molar-refractivity contribution < 1.29 is 19.1 Å². The number of nitrogens with one attached hydrogen (secondary N) is 1. The van der Waals surface area contributed by atoms with Crippen LogP contribution in [0.4, 0.5) is 0 Å². The van der Waals surface area contributed by atoms with E-state index in [1.165, 1.54) is 0 Å². The van der Waals surface area contributed by atoms with Crippen LogP contribution in [0, 0.1) is 0 Å². The first-order valence-electron chi connectivity index (χ1n) is 6.67. The van der Waals surface area contributed by atoms with Crippen molar-refractivity contribution >= 4 is 11.9 Å². The largest absolute Gasteiger partial charge is 0.461 e. The van der Waals surface area contributed by atoms with Crippen LogP contribution < -0.4 is 0 Å². The van der Waals surface area contributed by atoms with Gasteiger partial charge in [0.1, 0.15) is 0 Å². The number of H-pyrrole nitrogens is 1. The molecule has 0 bridgehead atoms. The summed E-state index contributed by atoms with van der Waals surface area (Å²) in [7, 11) is 1.57. The second kappa shape index (κ2) is 6.51. The molecule has 1 aromatic heterocycles. The van der Waals surface area contributed by atoms with Gasteiger partial charge in [0.15, 0.2) is 5.69 Å². The van der Waals surface area contributed by atoms with Crippen molar-refractivity contribution in [3.8, 4) is 0 Å². The topological polar surface area (TPSA) is 84.5 Å². The third kappa shape index (κ3) is 2.98. The maximum Gasteiger partial charge on any atom is 0.359 e. The number of ether oxygens (including phenoxy) is 2. The second-order valence-corrected chi connectivity index (χ2v) is 4.56. The van der Waals surface area contributed by atoms with E-state index in [1.807, 2.05) is 0 Å². The van der Waals surface area contributed by atoms with E-state index in [2.05, 4.69) is 10.2 Å². The predicted molar refractivity (Wildman–Crippen MR) is 70.2 cm³/mol. The molecule has 1 N–H and O–H groups in total. The van der Waals surface area contributed by atoms with Gasteiger partial charge in [0.05, 0.1) is 19.6 Å². The fourth-order valence-corrected chi connectivity index (χ4v) is 2.22. The molecule has 0 atom stereocenters. The number of aromatic nitrogens is 2. The molecule has 2 rings (SSSR count). The number of hydrogen-bond acceptors (Lipinski definition) is 5. The number of nitrogens with zero attached hydrogens (tertiary/aromatic N) is 2. The molecule has 20 heavy (non-hydrogen) atoms. The quantitative estimate of drug-likeness (QED) is 0.795. The average molecular weight is 281 g/mol. The normalized spacial score (nSPS) is 14.0. The summed E-state index contributed by atoms with van der Waals surface area (Å²) in [5.74, 6) is -0.426. The standard InChI is InChI=1S/C13H19N3O4/c1-3-20-13(18)12-9-8-16(11(17)5-7-19-2)6-4-10(9)14-15-12/h3-8H2,1-2H3,(H,14,15). The highest BCUT2D eigenvalue weighted by Crippen LogP contribution is 2.21. The summed E-state index contributed by atoms with van der Waals surface area (Å²) >= 11 is 0. The van der Waals surface area contributed by atoms with Crippen LogP contribution in [-0.2, 0) is 27.2 Å². The van der Waals surface area contributed by atoms with Crippen molar-refractivity contribution in [2.24, 2.45) is 0 Å². The third-order valence-electron chi connectivity index (χ3n) is 3.28. The Morgan fingerprint density at radius 1 is 1.45 bits per heavy atom. The summed E-state index contributed by atoms with van der Waals surface area (Å²) in [5, 5.41) is 6.86. The molecular weight excluding hydrogens is 262 g/mol. The summed E-state index contributed by atoms with van der Waals surface area (Å²) in [6.07, 6.45) is 1.01.